The van der Waals surface area contributed by atoms with Gasteiger partial charge in [-0.3, -0.25) is 9.59 Å². The van der Waals surface area contributed by atoms with Gasteiger partial charge in [0.1, 0.15) is 11.2 Å². The molecule has 1 heterocycles. The molecule has 0 bridgehead atoms. The van der Waals surface area contributed by atoms with Gasteiger partial charge < -0.3 is 20.5 Å². The number of ether oxygens (including phenoxy) is 1. The maximum absolute atomic E-state index is 13.3. The Bertz CT molecular complexity index is 762. The van der Waals surface area contributed by atoms with E-state index in [0.717, 1.165) is 12.8 Å². The Morgan fingerprint density at radius 1 is 1.27 bits per heavy atom. The highest BCUT2D eigenvalue weighted by Gasteiger charge is 2.43. The van der Waals surface area contributed by atoms with Crippen LogP contribution in [0, 0.1) is 0 Å². The molecular weight excluding hydrogens is 403 g/mol. The third-order valence-corrected chi connectivity index (χ3v) is 5.37. The molecule has 2 amide bonds. The Morgan fingerprint density at radius 3 is 2.37 bits per heavy atom. The minimum absolute atomic E-state index is 0.0314. The minimum Gasteiger partial charge on any atom is -0.464 e. The Morgan fingerprint density at radius 2 is 1.90 bits per heavy atom. The number of halogens is 3. The number of aromatic nitrogens is 1. The van der Waals surface area contributed by atoms with E-state index in [-0.39, 0.29) is 23.4 Å². The van der Waals surface area contributed by atoms with Crippen molar-refractivity contribution in [2.24, 2.45) is 0 Å². The molecule has 1 aliphatic carbocycles. The molecule has 3 N–H and O–H groups in total. The van der Waals surface area contributed by atoms with E-state index in [9.17, 15) is 22.8 Å². The Balaban J connectivity index is 2.34. The number of carbonyl (C=O) groups excluding carboxylic acids is 2. The van der Waals surface area contributed by atoms with Crippen LogP contribution in [0.4, 0.5) is 13.2 Å². The molecule has 0 saturated heterocycles. The van der Waals surface area contributed by atoms with Gasteiger partial charge in [-0.05, 0) is 37.7 Å². The monoisotopic (exact) mass is 431 g/mol. The normalized spacial score (nSPS) is 15.4. The molecule has 168 valence electrons. The fraction of sp³-hybridized carbons (Fsp3) is 0.650. The summed E-state index contributed by atoms with van der Waals surface area (Å²) < 4.78 is 44.9. The molecule has 0 unspecified atom stereocenters. The third-order valence-electron chi connectivity index (χ3n) is 5.37. The van der Waals surface area contributed by atoms with Crippen molar-refractivity contribution in [2.45, 2.75) is 69.7 Å². The Labute approximate surface area is 173 Å². The molecule has 0 radical (unpaired) electrons. The van der Waals surface area contributed by atoms with Crippen molar-refractivity contribution in [1.29, 1.82) is 0 Å². The van der Waals surface area contributed by atoms with Crippen LogP contribution in [-0.4, -0.2) is 53.4 Å². The lowest BCUT2D eigenvalue weighted by Gasteiger charge is -2.30. The number of amides is 2. The number of alkyl halides is 3. The van der Waals surface area contributed by atoms with E-state index < -0.39 is 36.8 Å². The van der Waals surface area contributed by atoms with Crippen LogP contribution < -0.4 is 15.4 Å². The fourth-order valence-corrected chi connectivity index (χ4v) is 3.24. The summed E-state index contributed by atoms with van der Waals surface area (Å²) in [5.41, 5.74) is -0.800. The standard InChI is InChI=1S/C20H28F3N3O4/c1-4-19(5-2,18(29)24-3)26-16(28)14-9-8-13(12-6-7-12)17(25-14)30-15(10-11-27)20(21,22)23/h8-9,12,15,27H,4-7,10-11H2,1-3H3,(H,24,29)(H,26,28)/t15-/m0/s1. The third kappa shape index (κ3) is 5.41. The molecule has 1 saturated carbocycles. The number of carbonyl (C=O) groups is 2. The van der Waals surface area contributed by atoms with E-state index in [1.165, 1.54) is 13.1 Å². The van der Waals surface area contributed by atoms with Gasteiger partial charge >= 0.3 is 6.18 Å². The number of aliphatic hydroxyl groups excluding tert-OH is 1. The molecule has 30 heavy (non-hydrogen) atoms. The summed E-state index contributed by atoms with van der Waals surface area (Å²) in [6.45, 7) is 2.80. The van der Waals surface area contributed by atoms with E-state index in [1.807, 2.05) is 0 Å². The number of nitrogens with one attached hydrogen (secondary N) is 2. The molecule has 1 atom stereocenters. The Hall–Kier alpha value is -2.36. The summed E-state index contributed by atoms with van der Waals surface area (Å²) in [6, 6.07) is 2.96. The predicted molar refractivity (Wildman–Crippen MR) is 103 cm³/mol. The first-order chi connectivity index (χ1) is 14.1. The van der Waals surface area contributed by atoms with Gasteiger partial charge in [-0.1, -0.05) is 19.9 Å². The average Bonchev–Trinajstić information content (AvgIpc) is 3.55. The maximum Gasteiger partial charge on any atom is 0.425 e. The summed E-state index contributed by atoms with van der Waals surface area (Å²) in [4.78, 5) is 29.1. The van der Waals surface area contributed by atoms with E-state index in [1.54, 1.807) is 19.9 Å². The van der Waals surface area contributed by atoms with Crippen molar-refractivity contribution in [3.8, 4) is 5.88 Å². The molecule has 7 nitrogen and oxygen atoms in total. The highest BCUT2D eigenvalue weighted by molar-refractivity contribution is 5.98. The quantitative estimate of drug-likeness (QED) is 0.529. The number of nitrogens with zero attached hydrogens (tertiary/aromatic N) is 1. The molecule has 1 fully saturated rings. The zero-order valence-electron chi connectivity index (χ0n) is 17.3. The zero-order chi connectivity index (χ0) is 22.5. The van der Waals surface area contributed by atoms with Gasteiger partial charge in [0.25, 0.3) is 5.91 Å². The number of hydrogen-bond acceptors (Lipinski definition) is 5. The lowest BCUT2D eigenvalue weighted by atomic mass is 9.91. The van der Waals surface area contributed by atoms with Gasteiger partial charge in [-0.2, -0.15) is 13.2 Å². The molecule has 10 heteroatoms. The topological polar surface area (TPSA) is 101 Å². The highest BCUT2D eigenvalue weighted by atomic mass is 19.4. The van der Waals surface area contributed by atoms with Gasteiger partial charge in [0.05, 0.1) is 0 Å². The van der Waals surface area contributed by atoms with Crippen molar-refractivity contribution in [1.82, 2.24) is 15.6 Å². The SMILES string of the molecule is CCC(CC)(NC(=O)c1ccc(C2CC2)c(O[C@@H](CCO)C(F)(F)F)n1)C(=O)NC. The Kier molecular flexibility index (Phi) is 7.68. The molecular formula is C20H28F3N3O4. The van der Waals surface area contributed by atoms with Crippen LogP contribution in [-0.2, 0) is 4.79 Å². The lowest BCUT2D eigenvalue weighted by molar-refractivity contribution is -0.199. The van der Waals surface area contributed by atoms with E-state index in [4.69, 9.17) is 9.84 Å². The first-order valence-corrected chi connectivity index (χ1v) is 10.0. The number of rotatable bonds is 10. The van der Waals surface area contributed by atoms with Gasteiger partial charge in [-0.25, -0.2) is 4.98 Å². The fourth-order valence-electron chi connectivity index (χ4n) is 3.24. The van der Waals surface area contributed by atoms with Crippen LogP contribution >= 0.6 is 0 Å². The molecule has 0 spiro atoms. The summed E-state index contributed by atoms with van der Waals surface area (Å²) in [7, 11) is 1.46. The predicted octanol–water partition coefficient (Wildman–Crippen LogP) is 2.69. The lowest BCUT2D eigenvalue weighted by Crippen LogP contribution is -2.57. The summed E-state index contributed by atoms with van der Waals surface area (Å²) in [5.74, 6) is -1.28. The largest absolute Gasteiger partial charge is 0.464 e. The van der Waals surface area contributed by atoms with Gasteiger partial charge in [0.15, 0.2) is 6.10 Å². The number of aliphatic hydroxyl groups is 1. The molecule has 0 aromatic carbocycles. The second kappa shape index (κ2) is 9.63. The van der Waals surface area contributed by atoms with Crippen LogP contribution in [0.15, 0.2) is 12.1 Å². The number of pyridine rings is 1. The molecule has 0 aliphatic heterocycles. The highest BCUT2D eigenvalue weighted by Crippen LogP contribution is 2.44. The first kappa shape index (κ1) is 23.9. The van der Waals surface area contributed by atoms with Crippen LogP contribution in [0.25, 0.3) is 0 Å². The summed E-state index contributed by atoms with van der Waals surface area (Å²) >= 11 is 0. The van der Waals surface area contributed by atoms with Gasteiger partial charge in [-0.15, -0.1) is 0 Å². The second-order valence-electron chi connectivity index (χ2n) is 7.35. The molecule has 1 aromatic heterocycles. The molecule has 2 rings (SSSR count). The van der Waals surface area contributed by atoms with Crippen molar-refractivity contribution in [3.63, 3.8) is 0 Å². The number of hydrogen-bond donors (Lipinski definition) is 3. The van der Waals surface area contributed by atoms with E-state index in [0.29, 0.717) is 18.4 Å². The van der Waals surface area contributed by atoms with Crippen LogP contribution in [0.5, 0.6) is 5.88 Å². The van der Waals surface area contributed by atoms with Crippen molar-refractivity contribution in [2.75, 3.05) is 13.7 Å². The second-order valence-corrected chi connectivity index (χ2v) is 7.35. The van der Waals surface area contributed by atoms with Gasteiger partial charge in [0.2, 0.25) is 11.8 Å². The van der Waals surface area contributed by atoms with Gasteiger partial charge in [0, 0.05) is 25.6 Å². The van der Waals surface area contributed by atoms with Crippen LogP contribution in [0.2, 0.25) is 0 Å². The molecule has 1 aromatic rings. The van der Waals surface area contributed by atoms with Crippen LogP contribution in [0.3, 0.4) is 0 Å². The van der Waals surface area contributed by atoms with Crippen molar-refractivity contribution in [3.05, 3.63) is 23.4 Å². The smallest absolute Gasteiger partial charge is 0.425 e. The summed E-state index contributed by atoms with van der Waals surface area (Å²) in [5, 5.41) is 14.1. The van der Waals surface area contributed by atoms with E-state index >= 15 is 0 Å². The van der Waals surface area contributed by atoms with E-state index in [2.05, 4.69) is 15.6 Å². The maximum atomic E-state index is 13.3. The average molecular weight is 431 g/mol. The van der Waals surface area contributed by atoms with Crippen LogP contribution in [0.1, 0.15) is 67.9 Å². The zero-order valence-corrected chi connectivity index (χ0v) is 17.3. The minimum atomic E-state index is -4.69. The first-order valence-electron chi connectivity index (χ1n) is 10.0. The number of likely N-dealkylation sites (N-methyl/N-ethyl adjacent to an activating group) is 1. The summed E-state index contributed by atoms with van der Waals surface area (Å²) in [6.07, 6.45) is -5.32. The molecule has 1 aliphatic rings. The van der Waals surface area contributed by atoms with Crippen molar-refractivity contribution < 1.29 is 32.6 Å². The van der Waals surface area contributed by atoms with Crippen molar-refractivity contribution >= 4 is 11.8 Å².